The van der Waals surface area contributed by atoms with E-state index in [9.17, 15) is 9.59 Å². The molecule has 0 amide bonds. The van der Waals surface area contributed by atoms with Crippen LogP contribution in [0.1, 0.15) is 80.1 Å². The molecule has 2 nitrogen and oxygen atoms in total. The normalized spacial score (nSPS) is 21.1. The van der Waals surface area contributed by atoms with Crippen LogP contribution in [0.3, 0.4) is 0 Å². The molecule has 2 saturated carbocycles. The second-order valence-corrected chi connectivity index (χ2v) is 5.22. The fourth-order valence-corrected chi connectivity index (χ4v) is 2.09. The van der Waals surface area contributed by atoms with Crippen LogP contribution in [-0.2, 0) is 9.59 Å². The lowest BCUT2D eigenvalue weighted by molar-refractivity contribution is -0.118. The Balaban J connectivity index is -0.000000261. The third-order valence-electron chi connectivity index (χ3n) is 3.57. The minimum Gasteiger partial charge on any atom is -0.300 e. The molecule has 2 heteroatoms. The van der Waals surface area contributed by atoms with Crippen LogP contribution in [0.2, 0.25) is 0 Å². The number of ketones is 2. The number of allylic oxidation sites excluding steroid dienone is 4. The van der Waals surface area contributed by atoms with Gasteiger partial charge in [0.05, 0.1) is 0 Å². The Morgan fingerprint density at radius 3 is 1.12 bits per heavy atom. The number of Topliss-reactive ketones (excluding diaryl/α,β-unsaturated/α-hetero) is 2. The van der Waals surface area contributed by atoms with Crippen LogP contribution in [-0.4, -0.2) is 11.6 Å². The average Bonchev–Trinajstić information content (AvgIpc) is 3.27. The molecule has 0 aromatic carbocycles. The highest BCUT2D eigenvalue weighted by Crippen LogP contribution is 2.22. The summed E-state index contributed by atoms with van der Waals surface area (Å²) in [7, 11) is 0. The predicted octanol–water partition coefficient (Wildman–Crippen LogP) is 6.72. The largest absolute Gasteiger partial charge is 0.300 e. The maximum atomic E-state index is 10.6. The smallest absolute Gasteiger partial charge is 0.133 e. The Bertz CT molecular complexity index is 319. The van der Waals surface area contributed by atoms with Gasteiger partial charge in [-0.15, -0.1) is 13.2 Å². The molecule has 2 unspecified atom stereocenters. The molecule has 0 aliphatic heterocycles. The maximum absolute atomic E-state index is 10.6. The van der Waals surface area contributed by atoms with Gasteiger partial charge < -0.3 is 0 Å². The van der Waals surface area contributed by atoms with Gasteiger partial charge in [0.1, 0.15) is 11.6 Å². The Morgan fingerprint density at radius 1 is 0.750 bits per heavy atom. The van der Waals surface area contributed by atoms with Crippen molar-refractivity contribution in [3.05, 3.63) is 37.5 Å². The van der Waals surface area contributed by atoms with Crippen LogP contribution in [0.15, 0.2) is 37.5 Å². The highest BCUT2D eigenvalue weighted by Gasteiger charge is 2.18. The van der Waals surface area contributed by atoms with Gasteiger partial charge >= 0.3 is 0 Å². The van der Waals surface area contributed by atoms with E-state index in [0.717, 1.165) is 38.5 Å². The van der Waals surface area contributed by atoms with Gasteiger partial charge in [0.15, 0.2) is 0 Å². The fraction of sp³-hybridized carbons (Fsp3) is 0.636. The van der Waals surface area contributed by atoms with Crippen LogP contribution in [0.25, 0.3) is 0 Å². The van der Waals surface area contributed by atoms with Crippen molar-refractivity contribution in [3.8, 4) is 0 Å². The van der Waals surface area contributed by atoms with Crippen molar-refractivity contribution in [2.24, 2.45) is 11.8 Å². The van der Waals surface area contributed by atoms with Crippen LogP contribution in [0, 0.1) is 11.8 Å². The molecule has 140 valence electrons. The third-order valence-corrected chi connectivity index (χ3v) is 3.57. The highest BCUT2D eigenvalue weighted by molar-refractivity contribution is 5.81. The predicted molar refractivity (Wildman–Crippen MR) is 108 cm³/mol. The van der Waals surface area contributed by atoms with Crippen molar-refractivity contribution in [1.29, 1.82) is 0 Å². The van der Waals surface area contributed by atoms with Gasteiger partial charge in [0, 0.05) is 25.7 Å². The molecule has 0 radical (unpaired) electrons. The number of carbonyl (C=O) groups excluding carboxylic acids is 2. The molecule has 0 N–H and O–H groups in total. The molecule has 2 fully saturated rings. The summed E-state index contributed by atoms with van der Waals surface area (Å²) >= 11 is 0. The van der Waals surface area contributed by atoms with E-state index in [1.54, 1.807) is 0 Å². The first kappa shape index (κ1) is 27.4. The van der Waals surface area contributed by atoms with E-state index in [-0.39, 0.29) is 0 Å². The van der Waals surface area contributed by atoms with E-state index in [4.69, 9.17) is 0 Å². The minimum atomic E-state index is 0.398. The average molecular weight is 337 g/mol. The van der Waals surface area contributed by atoms with Gasteiger partial charge in [-0.3, -0.25) is 9.59 Å². The van der Waals surface area contributed by atoms with Crippen molar-refractivity contribution < 1.29 is 9.59 Å². The number of hydrogen-bond donors (Lipinski definition) is 0. The molecule has 2 rings (SSSR count). The van der Waals surface area contributed by atoms with Gasteiger partial charge in [-0.05, 0) is 38.5 Å². The van der Waals surface area contributed by atoms with Crippen molar-refractivity contribution in [2.75, 3.05) is 0 Å². The standard InChI is InChI=1S/2C7H10O.C4H8.2C2H6/c2*1-2-6-3-4-7(8)5-6;1-3-4-2;2*1-2/h2*2,6H,1,3-5H2;3-4H,1-2H3;2*1-2H3/b;;4-3+;;. The fourth-order valence-electron chi connectivity index (χ4n) is 2.09. The first-order valence-corrected chi connectivity index (χ1v) is 9.43. The zero-order valence-corrected chi connectivity index (χ0v) is 16.9. The summed E-state index contributed by atoms with van der Waals surface area (Å²) in [6, 6.07) is 0. The molecular formula is C22H40O2. The number of hydrogen-bond acceptors (Lipinski definition) is 2. The summed E-state index contributed by atoms with van der Waals surface area (Å²) in [6.45, 7) is 19.2. The molecule has 0 aromatic heterocycles. The third kappa shape index (κ3) is 16.9. The molecule has 2 aliphatic carbocycles. The molecule has 0 aromatic rings. The lowest BCUT2D eigenvalue weighted by atomic mass is 10.1. The van der Waals surface area contributed by atoms with E-state index >= 15 is 0 Å². The molecule has 2 atom stereocenters. The SMILES string of the molecule is C/C=C/C.C=CC1CCC(=O)C1.C=CC1CCC(=O)C1.CC.CC. The van der Waals surface area contributed by atoms with E-state index in [2.05, 4.69) is 13.2 Å². The molecule has 0 bridgehead atoms. The van der Waals surface area contributed by atoms with Crippen LogP contribution in [0.4, 0.5) is 0 Å². The van der Waals surface area contributed by atoms with Crippen LogP contribution < -0.4 is 0 Å². The van der Waals surface area contributed by atoms with Gasteiger partial charge in [-0.1, -0.05) is 52.0 Å². The lowest BCUT2D eigenvalue weighted by Crippen LogP contribution is -1.88. The van der Waals surface area contributed by atoms with Crippen molar-refractivity contribution in [3.63, 3.8) is 0 Å². The molecular weight excluding hydrogens is 296 g/mol. The second kappa shape index (κ2) is 21.6. The monoisotopic (exact) mass is 336 g/mol. The zero-order valence-electron chi connectivity index (χ0n) is 16.9. The summed E-state index contributed by atoms with van der Waals surface area (Å²) in [6.07, 6.45) is 12.8. The zero-order chi connectivity index (χ0) is 19.4. The number of rotatable bonds is 2. The molecule has 0 spiro atoms. The van der Waals surface area contributed by atoms with Gasteiger partial charge in [-0.2, -0.15) is 0 Å². The van der Waals surface area contributed by atoms with Crippen molar-refractivity contribution in [2.45, 2.75) is 80.1 Å². The van der Waals surface area contributed by atoms with E-state index in [1.807, 2.05) is 65.8 Å². The quantitative estimate of drug-likeness (QED) is 0.525. The summed E-state index contributed by atoms with van der Waals surface area (Å²) in [5.41, 5.74) is 0. The molecule has 24 heavy (non-hydrogen) atoms. The summed E-state index contributed by atoms with van der Waals surface area (Å²) in [4.78, 5) is 21.1. The van der Waals surface area contributed by atoms with Gasteiger partial charge in [-0.25, -0.2) is 0 Å². The molecule has 2 aliphatic rings. The van der Waals surface area contributed by atoms with E-state index in [1.165, 1.54) is 0 Å². The first-order chi connectivity index (χ1) is 11.6. The maximum Gasteiger partial charge on any atom is 0.133 e. The minimum absolute atomic E-state index is 0.398. The van der Waals surface area contributed by atoms with Crippen LogP contribution in [0.5, 0.6) is 0 Å². The van der Waals surface area contributed by atoms with E-state index < -0.39 is 0 Å². The molecule has 0 heterocycles. The van der Waals surface area contributed by atoms with Crippen molar-refractivity contribution >= 4 is 11.6 Å². The summed E-state index contributed by atoms with van der Waals surface area (Å²) in [5, 5.41) is 0. The van der Waals surface area contributed by atoms with E-state index in [0.29, 0.717) is 23.4 Å². The Morgan fingerprint density at radius 2 is 1.04 bits per heavy atom. The topological polar surface area (TPSA) is 34.1 Å². The summed E-state index contributed by atoms with van der Waals surface area (Å²) < 4.78 is 0. The first-order valence-electron chi connectivity index (χ1n) is 9.43. The second-order valence-electron chi connectivity index (χ2n) is 5.22. The highest BCUT2D eigenvalue weighted by atomic mass is 16.1. The van der Waals surface area contributed by atoms with Gasteiger partial charge in [0.25, 0.3) is 0 Å². The lowest BCUT2D eigenvalue weighted by Gasteiger charge is -1.93. The Kier molecular flexibility index (Phi) is 24.6. The Hall–Kier alpha value is -1.44. The molecule has 0 saturated heterocycles. The van der Waals surface area contributed by atoms with Crippen molar-refractivity contribution in [1.82, 2.24) is 0 Å². The number of carbonyl (C=O) groups is 2. The summed E-state index contributed by atoms with van der Waals surface area (Å²) in [5.74, 6) is 1.77. The van der Waals surface area contributed by atoms with Crippen LogP contribution >= 0.6 is 0 Å². The van der Waals surface area contributed by atoms with Gasteiger partial charge in [0.2, 0.25) is 0 Å². The Labute approximate surface area is 151 Å².